The predicted molar refractivity (Wildman–Crippen MR) is 76.8 cm³/mol. The van der Waals surface area contributed by atoms with E-state index in [-0.39, 0.29) is 6.61 Å². The van der Waals surface area contributed by atoms with E-state index in [2.05, 4.69) is 12.2 Å². The smallest absolute Gasteiger partial charge is 0.249 e. The third-order valence-corrected chi connectivity index (χ3v) is 3.27. The summed E-state index contributed by atoms with van der Waals surface area (Å²) >= 11 is 0. The average Bonchev–Trinajstić information content (AvgIpc) is 2.39. The average molecular weight is 264 g/mol. The van der Waals surface area contributed by atoms with Gasteiger partial charge in [-0.25, -0.2) is 0 Å². The minimum Gasteiger partial charge on any atom is -0.396 e. The minimum atomic E-state index is -0.391. The van der Waals surface area contributed by atoms with Crippen LogP contribution in [0.1, 0.15) is 42.1 Å². The molecular weight excluding hydrogens is 240 g/mol. The van der Waals surface area contributed by atoms with E-state index in [0.717, 1.165) is 31.4 Å². The summed E-state index contributed by atoms with van der Waals surface area (Å²) in [6.45, 7) is 3.85. The molecule has 1 atom stereocenters. The number of rotatable bonds is 9. The number of carbonyl (C=O) groups excluding carboxylic acids is 1. The summed E-state index contributed by atoms with van der Waals surface area (Å²) in [5.41, 5.74) is 6.84. The Labute approximate surface area is 115 Å². The van der Waals surface area contributed by atoms with Gasteiger partial charge in [0.2, 0.25) is 5.91 Å². The Kier molecular flexibility index (Phi) is 7.15. The summed E-state index contributed by atoms with van der Waals surface area (Å²) in [5, 5.41) is 12.4. The second kappa shape index (κ2) is 8.67. The number of nitrogens with one attached hydrogen (secondary N) is 1. The van der Waals surface area contributed by atoms with Crippen molar-refractivity contribution in [1.82, 2.24) is 5.32 Å². The van der Waals surface area contributed by atoms with E-state index in [1.807, 2.05) is 18.2 Å². The Morgan fingerprint density at radius 2 is 2.11 bits per heavy atom. The van der Waals surface area contributed by atoms with Crippen molar-refractivity contribution in [3.8, 4) is 0 Å². The second-order valence-corrected chi connectivity index (χ2v) is 4.82. The van der Waals surface area contributed by atoms with E-state index in [1.165, 1.54) is 0 Å². The zero-order valence-corrected chi connectivity index (χ0v) is 11.6. The number of amides is 1. The number of nitrogens with two attached hydrogens (primary N) is 1. The van der Waals surface area contributed by atoms with E-state index < -0.39 is 5.91 Å². The molecular formula is C15H24N2O2. The first-order chi connectivity index (χ1) is 9.19. The van der Waals surface area contributed by atoms with Crippen LogP contribution >= 0.6 is 0 Å². The Hall–Kier alpha value is -1.39. The van der Waals surface area contributed by atoms with Crippen molar-refractivity contribution in [2.75, 3.05) is 13.2 Å². The SMILES string of the molecule is CCCC(CCO)CNCc1ccccc1C(N)=O. The molecule has 0 saturated heterocycles. The van der Waals surface area contributed by atoms with Crippen LogP contribution in [0.5, 0.6) is 0 Å². The van der Waals surface area contributed by atoms with Crippen LogP contribution in [-0.4, -0.2) is 24.2 Å². The van der Waals surface area contributed by atoms with Gasteiger partial charge in [0.05, 0.1) is 0 Å². The predicted octanol–water partition coefficient (Wildman–Crippen LogP) is 1.67. The quantitative estimate of drug-likeness (QED) is 0.635. The van der Waals surface area contributed by atoms with Crippen molar-refractivity contribution in [3.05, 3.63) is 35.4 Å². The molecule has 0 aliphatic carbocycles. The fourth-order valence-electron chi connectivity index (χ4n) is 2.27. The lowest BCUT2D eigenvalue weighted by molar-refractivity contribution is 0.0999. The fraction of sp³-hybridized carbons (Fsp3) is 0.533. The molecule has 106 valence electrons. The molecule has 0 fully saturated rings. The molecule has 0 heterocycles. The maximum atomic E-state index is 11.3. The van der Waals surface area contributed by atoms with Crippen LogP contribution in [0.25, 0.3) is 0 Å². The molecule has 4 heteroatoms. The number of hydrogen-bond donors (Lipinski definition) is 3. The maximum Gasteiger partial charge on any atom is 0.249 e. The first-order valence-corrected chi connectivity index (χ1v) is 6.88. The fourth-order valence-corrected chi connectivity index (χ4v) is 2.27. The molecule has 0 aliphatic rings. The van der Waals surface area contributed by atoms with Gasteiger partial charge in [0, 0.05) is 18.7 Å². The van der Waals surface area contributed by atoms with E-state index in [1.54, 1.807) is 6.07 Å². The van der Waals surface area contributed by atoms with Crippen molar-refractivity contribution in [1.29, 1.82) is 0 Å². The Morgan fingerprint density at radius 1 is 1.37 bits per heavy atom. The Morgan fingerprint density at radius 3 is 2.74 bits per heavy atom. The number of aliphatic hydroxyl groups excluding tert-OH is 1. The molecule has 4 nitrogen and oxygen atoms in total. The molecule has 1 aromatic carbocycles. The summed E-state index contributed by atoms with van der Waals surface area (Å²) < 4.78 is 0. The molecule has 0 aromatic heterocycles. The lowest BCUT2D eigenvalue weighted by atomic mass is 10.00. The first kappa shape index (κ1) is 15.7. The lowest BCUT2D eigenvalue weighted by Crippen LogP contribution is -2.25. The van der Waals surface area contributed by atoms with Crippen LogP contribution in [-0.2, 0) is 6.54 Å². The zero-order chi connectivity index (χ0) is 14.1. The number of carbonyl (C=O) groups is 1. The summed E-state index contributed by atoms with van der Waals surface area (Å²) in [7, 11) is 0. The van der Waals surface area contributed by atoms with E-state index in [0.29, 0.717) is 18.0 Å². The monoisotopic (exact) mass is 264 g/mol. The molecule has 0 bridgehead atoms. The molecule has 4 N–H and O–H groups in total. The molecule has 1 amide bonds. The van der Waals surface area contributed by atoms with Gasteiger partial charge in [-0.15, -0.1) is 0 Å². The van der Waals surface area contributed by atoms with Crippen molar-refractivity contribution in [2.45, 2.75) is 32.7 Å². The van der Waals surface area contributed by atoms with E-state index in [4.69, 9.17) is 10.8 Å². The summed E-state index contributed by atoms with van der Waals surface area (Å²) in [6.07, 6.45) is 3.04. The van der Waals surface area contributed by atoms with Gasteiger partial charge >= 0.3 is 0 Å². The standard InChI is InChI=1S/C15H24N2O2/c1-2-5-12(8-9-18)10-17-11-13-6-3-4-7-14(13)15(16)19/h3-4,6-7,12,17-18H,2,5,8-11H2,1H3,(H2,16,19). The summed E-state index contributed by atoms with van der Waals surface area (Å²) in [5.74, 6) is 0.0913. The van der Waals surface area contributed by atoms with E-state index >= 15 is 0 Å². The Balaban J connectivity index is 2.50. The van der Waals surface area contributed by atoms with Crippen molar-refractivity contribution in [2.24, 2.45) is 11.7 Å². The molecule has 1 rings (SSSR count). The highest BCUT2D eigenvalue weighted by molar-refractivity contribution is 5.94. The maximum absolute atomic E-state index is 11.3. The highest BCUT2D eigenvalue weighted by atomic mass is 16.3. The summed E-state index contributed by atoms with van der Waals surface area (Å²) in [4.78, 5) is 11.3. The zero-order valence-electron chi connectivity index (χ0n) is 11.6. The highest BCUT2D eigenvalue weighted by Gasteiger charge is 2.09. The Bertz CT molecular complexity index is 387. The first-order valence-electron chi connectivity index (χ1n) is 6.88. The van der Waals surface area contributed by atoms with Gasteiger partial charge in [0.1, 0.15) is 0 Å². The largest absolute Gasteiger partial charge is 0.396 e. The van der Waals surface area contributed by atoms with Gasteiger partial charge in [-0.3, -0.25) is 4.79 Å². The third-order valence-electron chi connectivity index (χ3n) is 3.27. The van der Waals surface area contributed by atoms with Crippen molar-refractivity contribution in [3.63, 3.8) is 0 Å². The third kappa shape index (κ3) is 5.41. The topological polar surface area (TPSA) is 75.3 Å². The van der Waals surface area contributed by atoms with Gasteiger partial charge in [0.15, 0.2) is 0 Å². The molecule has 1 unspecified atom stereocenters. The van der Waals surface area contributed by atoms with Crippen molar-refractivity contribution >= 4 is 5.91 Å². The van der Waals surface area contributed by atoms with Crippen molar-refractivity contribution < 1.29 is 9.90 Å². The van der Waals surface area contributed by atoms with Gasteiger partial charge in [0.25, 0.3) is 0 Å². The molecule has 0 aliphatic heterocycles. The molecule has 0 radical (unpaired) electrons. The van der Waals surface area contributed by atoms with Gasteiger partial charge in [-0.05, 0) is 36.9 Å². The van der Waals surface area contributed by atoms with Crippen LogP contribution in [0.3, 0.4) is 0 Å². The summed E-state index contributed by atoms with van der Waals surface area (Å²) in [6, 6.07) is 7.38. The van der Waals surface area contributed by atoms with Gasteiger partial charge in [-0.2, -0.15) is 0 Å². The van der Waals surface area contributed by atoms with E-state index in [9.17, 15) is 4.79 Å². The van der Waals surface area contributed by atoms with Crippen LogP contribution < -0.4 is 11.1 Å². The van der Waals surface area contributed by atoms with Crippen LogP contribution in [0.15, 0.2) is 24.3 Å². The molecule has 0 saturated carbocycles. The number of hydrogen-bond acceptors (Lipinski definition) is 3. The second-order valence-electron chi connectivity index (χ2n) is 4.82. The van der Waals surface area contributed by atoms with Gasteiger partial charge < -0.3 is 16.2 Å². The van der Waals surface area contributed by atoms with Crippen LogP contribution in [0, 0.1) is 5.92 Å². The number of aliphatic hydroxyl groups is 1. The number of benzene rings is 1. The highest BCUT2D eigenvalue weighted by Crippen LogP contribution is 2.11. The van der Waals surface area contributed by atoms with Gasteiger partial charge in [-0.1, -0.05) is 31.5 Å². The van der Waals surface area contributed by atoms with Crippen LogP contribution in [0.2, 0.25) is 0 Å². The van der Waals surface area contributed by atoms with Crippen LogP contribution in [0.4, 0.5) is 0 Å². The molecule has 19 heavy (non-hydrogen) atoms. The normalized spacial score (nSPS) is 12.3. The molecule has 0 spiro atoms. The minimum absolute atomic E-state index is 0.226. The molecule has 1 aromatic rings. The lowest BCUT2D eigenvalue weighted by Gasteiger charge is -2.16. The number of primary amides is 1.